The summed E-state index contributed by atoms with van der Waals surface area (Å²) in [6.07, 6.45) is 4.28. The third-order valence-corrected chi connectivity index (χ3v) is 3.90. The first-order chi connectivity index (χ1) is 12.6. The quantitative estimate of drug-likeness (QED) is 0.716. The molecule has 0 unspecified atom stereocenters. The van der Waals surface area contributed by atoms with Gasteiger partial charge in [0.1, 0.15) is 12.3 Å². The standard InChI is InChI=1S/C16H19N5O5/c1-24-5-3-21-10-19-12-9-20(4-6-26-13(12)15(21)22)16(23)14-17-7-11(25-2)8-18-14/h7-8,10H,3-6,9H2,1-2H3. The summed E-state index contributed by atoms with van der Waals surface area (Å²) in [6.45, 7) is 1.38. The van der Waals surface area contributed by atoms with Crippen LogP contribution in [0.3, 0.4) is 0 Å². The Morgan fingerprint density at radius 1 is 1.27 bits per heavy atom. The van der Waals surface area contributed by atoms with Gasteiger partial charge in [-0.05, 0) is 0 Å². The van der Waals surface area contributed by atoms with E-state index in [4.69, 9.17) is 14.2 Å². The lowest BCUT2D eigenvalue weighted by molar-refractivity contribution is 0.0719. The molecule has 2 aromatic rings. The highest BCUT2D eigenvalue weighted by Crippen LogP contribution is 2.17. The molecule has 0 N–H and O–H groups in total. The Hall–Kier alpha value is -3.01. The SMILES string of the molecule is COCCn1cnc2c(c1=O)OCCN(C(=O)c1ncc(OC)cn1)C2. The van der Waals surface area contributed by atoms with Crippen molar-refractivity contribution in [3.05, 3.63) is 40.6 Å². The average molecular weight is 361 g/mol. The molecule has 0 saturated carbocycles. The van der Waals surface area contributed by atoms with Crippen molar-refractivity contribution in [2.75, 3.05) is 34.0 Å². The van der Waals surface area contributed by atoms with E-state index in [-0.39, 0.29) is 36.2 Å². The van der Waals surface area contributed by atoms with E-state index in [2.05, 4.69) is 15.0 Å². The Labute approximate surface area is 149 Å². The molecule has 1 aliphatic heterocycles. The minimum atomic E-state index is -0.366. The summed E-state index contributed by atoms with van der Waals surface area (Å²) in [7, 11) is 3.05. The summed E-state index contributed by atoms with van der Waals surface area (Å²) in [6, 6.07) is 0. The summed E-state index contributed by atoms with van der Waals surface area (Å²) >= 11 is 0. The predicted octanol–water partition coefficient (Wildman–Crippen LogP) is -0.277. The van der Waals surface area contributed by atoms with E-state index in [9.17, 15) is 9.59 Å². The number of fused-ring (bicyclic) bond motifs is 1. The van der Waals surface area contributed by atoms with Crippen molar-refractivity contribution in [1.29, 1.82) is 0 Å². The van der Waals surface area contributed by atoms with Gasteiger partial charge in [0.25, 0.3) is 11.5 Å². The highest BCUT2D eigenvalue weighted by Gasteiger charge is 2.25. The summed E-state index contributed by atoms with van der Waals surface area (Å²) in [5.74, 6) is 0.302. The largest absolute Gasteiger partial charge is 0.494 e. The molecule has 26 heavy (non-hydrogen) atoms. The van der Waals surface area contributed by atoms with Crippen LogP contribution < -0.4 is 15.0 Å². The maximum atomic E-state index is 12.6. The maximum absolute atomic E-state index is 12.6. The van der Waals surface area contributed by atoms with Gasteiger partial charge in [0, 0.05) is 7.11 Å². The fraction of sp³-hybridized carbons (Fsp3) is 0.438. The van der Waals surface area contributed by atoms with Crippen molar-refractivity contribution in [1.82, 2.24) is 24.4 Å². The third-order valence-electron chi connectivity index (χ3n) is 3.90. The molecular formula is C16H19N5O5. The van der Waals surface area contributed by atoms with E-state index in [1.165, 1.54) is 35.3 Å². The normalized spacial score (nSPS) is 13.5. The van der Waals surface area contributed by atoms with E-state index >= 15 is 0 Å². The van der Waals surface area contributed by atoms with Crippen molar-refractivity contribution in [3.8, 4) is 11.5 Å². The molecule has 0 aromatic carbocycles. The van der Waals surface area contributed by atoms with Gasteiger partial charge in [0.15, 0.2) is 5.75 Å². The molecule has 2 aromatic heterocycles. The molecule has 1 aliphatic rings. The van der Waals surface area contributed by atoms with Gasteiger partial charge < -0.3 is 19.1 Å². The van der Waals surface area contributed by atoms with Crippen LogP contribution in [0, 0.1) is 0 Å². The number of carbonyl (C=O) groups is 1. The monoisotopic (exact) mass is 361 g/mol. The molecular weight excluding hydrogens is 342 g/mol. The van der Waals surface area contributed by atoms with Crippen LogP contribution in [0.15, 0.2) is 23.5 Å². The number of methoxy groups -OCH3 is 2. The van der Waals surface area contributed by atoms with Gasteiger partial charge in [-0.3, -0.25) is 14.2 Å². The molecule has 10 nitrogen and oxygen atoms in total. The second-order valence-electron chi connectivity index (χ2n) is 5.53. The summed E-state index contributed by atoms with van der Waals surface area (Å²) in [4.78, 5) is 38.9. The lowest BCUT2D eigenvalue weighted by atomic mass is 10.3. The molecule has 0 bridgehead atoms. The Morgan fingerprint density at radius 3 is 2.73 bits per heavy atom. The van der Waals surface area contributed by atoms with Crippen LogP contribution in [-0.4, -0.2) is 64.3 Å². The first-order valence-corrected chi connectivity index (χ1v) is 7.99. The average Bonchev–Trinajstić information content (AvgIpc) is 2.90. The van der Waals surface area contributed by atoms with Crippen LogP contribution in [0.4, 0.5) is 0 Å². The summed E-state index contributed by atoms with van der Waals surface area (Å²) in [5, 5.41) is 0. The van der Waals surface area contributed by atoms with Gasteiger partial charge in [-0.15, -0.1) is 0 Å². The number of hydrogen-bond acceptors (Lipinski definition) is 8. The van der Waals surface area contributed by atoms with Crippen LogP contribution in [0.25, 0.3) is 0 Å². The Kier molecular flexibility index (Phi) is 5.42. The number of hydrogen-bond donors (Lipinski definition) is 0. The molecule has 0 saturated heterocycles. The summed E-state index contributed by atoms with van der Waals surface area (Å²) < 4.78 is 17.0. The molecule has 10 heteroatoms. The van der Waals surface area contributed by atoms with Crippen LogP contribution >= 0.6 is 0 Å². The van der Waals surface area contributed by atoms with Crippen LogP contribution in [0.1, 0.15) is 16.3 Å². The van der Waals surface area contributed by atoms with Gasteiger partial charge in [-0.1, -0.05) is 0 Å². The Balaban J connectivity index is 1.82. The third kappa shape index (κ3) is 3.64. The van der Waals surface area contributed by atoms with Crippen LogP contribution in [0.5, 0.6) is 11.5 Å². The van der Waals surface area contributed by atoms with E-state index in [1.54, 1.807) is 7.11 Å². The number of aromatic nitrogens is 4. The molecule has 0 fully saturated rings. The van der Waals surface area contributed by atoms with Crippen molar-refractivity contribution < 1.29 is 19.0 Å². The highest BCUT2D eigenvalue weighted by molar-refractivity contribution is 5.90. The molecule has 0 atom stereocenters. The number of nitrogens with zero attached hydrogens (tertiary/aromatic N) is 5. The Bertz CT molecular complexity index is 836. The van der Waals surface area contributed by atoms with E-state index in [0.717, 1.165) is 0 Å². The van der Waals surface area contributed by atoms with Crippen molar-refractivity contribution in [2.45, 2.75) is 13.1 Å². The second-order valence-corrected chi connectivity index (χ2v) is 5.53. The molecule has 3 rings (SSSR count). The lowest BCUT2D eigenvalue weighted by Gasteiger charge is -2.18. The first-order valence-electron chi connectivity index (χ1n) is 7.99. The van der Waals surface area contributed by atoms with Crippen LogP contribution in [-0.2, 0) is 17.8 Å². The van der Waals surface area contributed by atoms with Crippen molar-refractivity contribution in [2.24, 2.45) is 0 Å². The van der Waals surface area contributed by atoms with Gasteiger partial charge >= 0.3 is 0 Å². The maximum Gasteiger partial charge on any atom is 0.296 e. The second kappa shape index (κ2) is 7.91. The molecule has 0 aliphatic carbocycles. The highest BCUT2D eigenvalue weighted by atomic mass is 16.5. The fourth-order valence-corrected chi connectivity index (χ4v) is 2.48. The van der Waals surface area contributed by atoms with Gasteiger partial charge in [0.05, 0.1) is 52.1 Å². The zero-order chi connectivity index (χ0) is 18.5. The predicted molar refractivity (Wildman–Crippen MR) is 89.2 cm³/mol. The zero-order valence-corrected chi connectivity index (χ0v) is 14.5. The van der Waals surface area contributed by atoms with Crippen molar-refractivity contribution in [3.63, 3.8) is 0 Å². The number of amides is 1. The van der Waals surface area contributed by atoms with Gasteiger partial charge in [-0.25, -0.2) is 15.0 Å². The lowest BCUT2D eigenvalue weighted by Crippen LogP contribution is -2.33. The number of rotatable bonds is 5. The Morgan fingerprint density at radius 2 is 2.04 bits per heavy atom. The smallest absolute Gasteiger partial charge is 0.296 e. The molecule has 1 amide bonds. The fourth-order valence-electron chi connectivity index (χ4n) is 2.48. The van der Waals surface area contributed by atoms with E-state index in [1.807, 2.05) is 0 Å². The molecule has 3 heterocycles. The van der Waals surface area contributed by atoms with Gasteiger partial charge in [-0.2, -0.15) is 0 Å². The topological polar surface area (TPSA) is 109 Å². The minimum absolute atomic E-state index is 0.0442. The van der Waals surface area contributed by atoms with E-state index in [0.29, 0.717) is 31.1 Å². The number of ether oxygens (including phenoxy) is 3. The summed E-state index contributed by atoms with van der Waals surface area (Å²) in [5.41, 5.74) is 0.116. The minimum Gasteiger partial charge on any atom is -0.494 e. The van der Waals surface area contributed by atoms with Crippen molar-refractivity contribution >= 4 is 5.91 Å². The van der Waals surface area contributed by atoms with Crippen LogP contribution in [0.2, 0.25) is 0 Å². The first kappa shape index (κ1) is 17.8. The number of carbonyl (C=O) groups excluding carboxylic acids is 1. The molecule has 0 spiro atoms. The zero-order valence-electron chi connectivity index (χ0n) is 14.5. The van der Waals surface area contributed by atoms with Gasteiger partial charge in [0.2, 0.25) is 11.6 Å². The molecule has 138 valence electrons. The molecule has 0 radical (unpaired) electrons. The van der Waals surface area contributed by atoms with E-state index < -0.39 is 0 Å².